The number of hydrogen-bond donors (Lipinski definition) is 2. The number of benzene rings is 1. The second-order valence-corrected chi connectivity index (χ2v) is 5.35. The molecular weight excluding hydrogens is 287 g/mol. The Labute approximate surface area is 122 Å². The molecule has 6 heteroatoms. The first-order chi connectivity index (χ1) is 8.90. The van der Waals surface area contributed by atoms with E-state index < -0.39 is 5.91 Å². The summed E-state index contributed by atoms with van der Waals surface area (Å²) < 4.78 is 0. The summed E-state index contributed by atoms with van der Waals surface area (Å²) in [5.74, 6) is -0.265. The molecule has 0 heterocycles. The third-order valence-electron chi connectivity index (χ3n) is 2.29. The molecule has 0 saturated heterocycles. The second kappa shape index (κ2) is 7.36. The van der Waals surface area contributed by atoms with E-state index in [4.69, 9.17) is 23.2 Å². The molecule has 0 radical (unpaired) electrons. The number of hydrogen-bond acceptors (Lipinski definition) is 2. The van der Waals surface area contributed by atoms with Crippen molar-refractivity contribution in [2.75, 3.05) is 13.1 Å². The van der Waals surface area contributed by atoms with Crippen LogP contribution in [0, 0.1) is 5.92 Å². The first-order valence-electron chi connectivity index (χ1n) is 5.90. The van der Waals surface area contributed by atoms with E-state index in [1.165, 1.54) is 12.1 Å². The molecular formula is C13H16Cl2N2O2. The van der Waals surface area contributed by atoms with Gasteiger partial charge in [0.25, 0.3) is 5.91 Å². The molecule has 0 unspecified atom stereocenters. The van der Waals surface area contributed by atoms with Crippen LogP contribution in [0.15, 0.2) is 18.2 Å². The van der Waals surface area contributed by atoms with Crippen molar-refractivity contribution in [1.29, 1.82) is 0 Å². The number of rotatable bonds is 5. The van der Waals surface area contributed by atoms with Crippen molar-refractivity contribution in [3.05, 3.63) is 33.8 Å². The van der Waals surface area contributed by atoms with Crippen LogP contribution >= 0.6 is 23.2 Å². The summed E-state index contributed by atoms with van der Waals surface area (Å²) >= 11 is 11.6. The lowest BCUT2D eigenvalue weighted by Crippen LogP contribution is -2.38. The highest BCUT2D eigenvalue weighted by Gasteiger charge is 2.11. The standard InChI is InChI=1S/C13H16Cl2N2O2/c1-8(2)6-16-12(18)7-17-13(19)10-4-3-9(14)5-11(10)15/h3-5,8H,6-7H2,1-2H3,(H,16,18)(H,17,19). The van der Waals surface area contributed by atoms with Gasteiger partial charge >= 0.3 is 0 Å². The highest BCUT2D eigenvalue weighted by atomic mass is 35.5. The normalized spacial score (nSPS) is 10.4. The topological polar surface area (TPSA) is 58.2 Å². The van der Waals surface area contributed by atoms with Crippen molar-refractivity contribution in [1.82, 2.24) is 10.6 Å². The molecule has 0 saturated carbocycles. The van der Waals surface area contributed by atoms with Gasteiger partial charge in [-0.25, -0.2) is 0 Å². The molecule has 1 aromatic carbocycles. The van der Waals surface area contributed by atoms with Gasteiger partial charge in [0.05, 0.1) is 17.1 Å². The van der Waals surface area contributed by atoms with Crippen LogP contribution < -0.4 is 10.6 Å². The molecule has 2 amide bonds. The fourth-order valence-corrected chi connectivity index (χ4v) is 1.80. The fraction of sp³-hybridized carbons (Fsp3) is 0.385. The van der Waals surface area contributed by atoms with Crippen molar-refractivity contribution in [3.8, 4) is 0 Å². The Bertz CT molecular complexity index is 476. The molecule has 0 bridgehead atoms. The Morgan fingerprint density at radius 2 is 1.89 bits per heavy atom. The molecule has 2 N–H and O–H groups in total. The molecule has 19 heavy (non-hydrogen) atoms. The van der Waals surface area contributed by atoms with Crippen molar-refractivity contribution < 1.29 is 9.59 Å². The second-order valence-electron chi connectivity index (χ2n) is 4.50. The third kappa shape index (κ3) is 5.49. The van der Waals surface area contributed by atoms with Crippen LogP contribution in [-0.2, 0) is 4.79 Å². The quantitative estimate of drug-likeness (QED) is 0.878. The maximum absolute atomic E-state index is 11.8. The van der Waals surface area contributed by atoms with E-state index in [-0.39, 0.29) is 17.5 Å². The van der Waals surface area contributed by atoms with Crippen LogP contribution in [-0.4, -0.2) is 24.9 Å². The lowest BCUT2D eigenvalue weighted by molar-refractivity contribution is -0.120. The molecule has 0 aliphatic heterocycles. The van der Waals surface area contributed by atoms with Gasteiger partial charge in [-0.05, 0) is 24.1 Å². The lowest BCUT2D eigenvalue weighted by atomic mass is 10.2. The smallest absolute Gasteiger partial charge is 0.253 e. The zero-order chi connectivity index (χ0) is 14.4. The van der Waals surface area contributed by atoms with E-state index in [1.54, 1.807) is 6.07 Å². The minimum atomic E-state index is -0.402. The lowest BCUT2D eigenvalue weighted by Gasteiger charge is -2.09. The van der Waals surface area contributed by atoms with Gasteiger partial charge in [-0.1, -0.05) is 37.0 Å². The van der Waals surface area contributed by atoms with E-state index >= 15 is 0 Å². The summed E-state index contributed by atoms with van der Waals surface area (Å²) in [5.41, 5.74) is 0.294. The first-order valence-corrected chi connectivity index (χ1v) is 6.65. The average molecular weight is 303 g/mol. The Hall–Kier alpha value is -1.26. The number of carbonyl (C=O) groups is 2. The van der Waals surface area contributed by atoms with E-state index in [1.807, 2.05) is 13.8 Å². The Morgan fingerprint density at radius 1 is 1.21 bits per heavy atom. The minimum absolute atomic E-state index is 0.0789. The van der Waals surface area contributed by atoms with Crippen LogP contribution in [0.25, 0.3) is 0 Å². The Morgan fingerprint density at radius 3 is 2.47 bits per heavy atom. The van der Waals surface area contributed by atoms with Crippen LogP contribution in [0.3, 0.4) is 0 Å². The average Bonchev–Trinajstić information content (AvgIpc) is 2.33. The van der Waals surface area contributed by atoms with Gasteiger partial charge < -0.3 is 10.6 Å². The van der Waals surface area contributed by atoms with Crippen molar-refractivity contribution in [3.63, 3.8) is 0 Å². The first kappa shape index (κ1) is 15.8. The zero-order valence-corrected chi connectivity index (χ0v) is 12.3. The number of amides is 2. The van der Waals surface area contributed by atoms with E-state index in [2.05, 4.69) is 10.6 Å². The predicted molar refractivity (Wildman–Crippen MR) is 76.6 cm³/mol. The molecule has 0 atom stereocenters. The largest absolute Gasteiger partial charge is 0.354 e. The number of carbonyl (C=O) groups excluding carboxylic acids is 2. The summed E-state index contributed by atoms with van der Waals surface area (Å²) in [5, 5.41) is 5.92. The third-order valence-corrected chi connectivity index (χ3v) is 2.84. The van der Waals surface area contributed by atoms with Crippen molar-refractivity contribution >= 4 is 35.0 Å². The van der Waals surface area contributed by atoms with Gasteiger partial charge in [0.2, 0.25) is 5.91 Å². The van der Waals surface area contributed by atoms with Gasteiger partial charge in [0.1, 0.15) is 0 Å². The van der Waals surface area contributed by atoms with Crippen LogP contribution in [0.5, 0.6) is 0 Å². The van der Waals surface area contributed by atoms with Crippen molar-refractivity contribution in [2.45, 2.75) is 13.8 Å². The van der Waals surface area contributed by atoms with Crippen molar-refractivity contribution in [2.24, 2.45) is 5.92 Å². The summed E-state index contributed by atoms with van der Waals surface area (Å²) in [6.07, 6.45) is 0. The molecule has 1 rings (SSSR count). The predicted octanol–water partition coefficient (Wildman–Crippen LogP) is 2.50. The molecule has 4 nitrogen and oxygen atoms in total. The van der Waals surface area contributed by atoms with Crippen LogP contribution in [0.4, 0.5) is 0 Å². The van der Waals surface area contributed by atoms with Gasteiger partial charge in [-0.2, -0.15) is 0 Å². The van der Waals surface area contributed by atoms with E-state index in [0.29, 0.717) is 23.0 Å². The fourth-order valence-electron chi connectivity index (χ4n) is 1.31. The molecule has 0 aromatic heterocycles. The molecule has 0 fully saturated rings. The summed E-state index contributed by atoms with van der Waals surface area (Å²) in [6.45, 7) is 4.49. The Balaban J connectivity index is 2.49. The van der Waals surface area contributed by atoms with Gasteiger partial charge in [0, 0.05) is 11.6 Å². The highest BCUT2D eigenvalue weighted by Crippen LogP contribution is 2.20. The maximum atomic E-state index is 11.8. The SMILES string of the molecule is CC(C)CNC(=O)CNC(=O)c1ccc(Cl)cc1Cl. The van der Waals surface area contributed by atoms with Crippen LogP contribution in [0.1, 0.15) is 24.2 Å². The minimum Gasteiger partial charge on any atom is -0.354 e. The van der Waals surface area contributed by atoms with Gasteiger partial charge in [0.15, 0.2) is 0 Å². The summed E-state index contributed by atoms with van der Waals surface area (Å²) in [7, 11) is 0. The number of halogens is 2. The monoisotopic (exact) mass is 302 g/mol. The molecule has 0 aliphatic rings. The van der Waals surface area contributed by atoms with E-state index in [9.17, 15) is 9.59 Å². The molecule has 104 valence electrons. The molecule has 0 aliphatic carbocycles. The summed E-state index contributed by atoms with van der Waals surface area (Å²) in [6, 6.07) is 4.57. The zero-order valence-electron chi connectivity index (χ0n) is 10.8. The molecule has 0 spiro atoms. The maximum Gasteiger partial charge on any atom is 0.253 e. The number of nitrogens with one attached hydrogen (secondary N) is 2. The molecule has 1 aromatic rings. The van der Waals surface area contributed by atoms with Gasteiger partial charge in [-0.3, -0.25) is 9.59 Å². The van der Waals surface area contributed by atoms with Crippen LogP contribution in [0.2, 0.25) is 10.0 Å². The highest BCUT2D eigenvalue weighted by molar-refractivity contribution is 6.36. The van der Waals surface area contributed by atoms with E-state index in [0.717, 1.165) is 0 Å². The van der Waals surface area contributed by atoms with Gasteiger partial charge in [-0.15, -0.1) is 0 Å². The summed E-state index contributed by atoms with van der Waals surface area (Å²) in [4.78, 5) is 23.2. The Kier molecular flexibility index (Phi) is 6.12.